The van der Waals surface area contributed by atoms with Crippen LogP contribution in [0.5, 0.6) is 5.75 Å². The van der Waals surface area contributed by atoms with Crippen LogP contribution in [0.3, 0.4) is 0 Å². The van der Waals surface area contributed by atoms with E-state index in [-0.39, 0.29) is 5.63 Å². The van der Waals surface area contributed by atoms with E-state index >= 15 is 0 Å². The first-order valence-electron chi connectivity index (χ1n) is 8.15. The smallest absolute Gasteiger partial charge is 0.339 e. The van der Waals surface area contributed by atoms with E-state index in [2.05, 4.69) is 4.90 Å². The summed E-state index contributed by atoms with van der Waals surface area (Å²) in [6.45, 7) is 6.80. The highest BCUT2D eigenvalue weighted by atomic mass is 35.5. The Labute approximate surface area is 150 Å². The molecule has 0 atom stereocenters. The van der Waals surface area contributed by atoms with Gasteiger partial charge in [0, 0.05) is 21.7 Å². The number of halogens is 1. The van der Waals surface area contributed by atoms with Gasteiger partial charge in [-0.2, -0.15) is 0 Å². The zero-order valence-corrected chi connectivity index (χ0v) is 15.1. The molecular weight excluding hydrogens is 338 g/mol. The lowest BCUT2D eigenvalue weighted by molar-refractivity contribution is 0.289. The molecule has 0 saturated heterocycles. The molecule has 0 bridgehead atoms. The van der Waals surface area contributed by atoms with Gasteiger partial charge in [-0.05, 0) is 56.2 Å². The Morgan fingerprint density at radius 2 is 1.88 bits per heavy atom. The molecule has 3 aromatic rings. The summed E-state index contributed by atoms with van der Waals surface area (Å²) in [7, 11) is 0. The van der Waals surface area contributed by atoms with Gasteiger partial charge in [-0.25, -0.2) is 4.79 Å². The first-order chi connectivity index (χ1) is 12.0. The van der Waals surface area contributed by atoms with Crippen molar-refractivity contribution < 1.29 is 9.15 Å². The van der Waals surface area contributed by atoms with Crippen molar-refractivity contribution in [1.82, 2.24) is 0 Å². The Hall–Kier alpha value is -2.46. The van der Waals surface area contributed by atoms with Gasteiger partial charge in [-0.15, -0.1) is 0 Å². The van der Waals surface area contributed by atoms with Crippen molar-refractivity contribution in [2.45, 2.75) is 27.3 Å². The third kappa shape index (κ3) is 2.57. The summed E-state index contributed by atoms with van der Waals surface area (Å²) in [6.07, 6.45) is 0. The summed E-state index contributed by atoms with van der Waals surface area (Å²) in [5.41, 5.74) is 4.93. The number of hydrogen-bond donors (Lipinski definition) is 0. The standard InChI is InChI=1S/C20H18ClNO3/c1-11-4-5-14(21)8-17(11)22-9-16-18(24-10-22)7-6-15-12(2)13(3)20(23)25-19(15)16/h4-8H,9-10H2,1-3H3. The van der Waals surface area contributed by atoms with Gasteiger partial charge >= 0.3 is 5.63 Å². The summed E-state index contributed by atoms with van der Waals surface area (Å²) in [4.78, 5) is 14.2. The normalized spacial score (nSPS) is 13.7. The maximum Gasteiger partial charge on any atom is 0.339 e. The second kappa shape index (κ2) is 5.81. The summed E-state index contributed by atoms with van der Waals surface area (Å²) in [6, 6.07) is 9.71. The molecule has 2 aromatic carbocycles. The van der Waals surface area contributed by atoms with Gasteiger partial charge in [0.1, 0.15) is 11.3 Å². The third-order valence-corrected chi connectivity index (χ3v) is 5.16. The number of hydrogen-bond acceptors (Lipinski definition) is 4. The Balaban J connectivity index is 1.87. The zero-order valence-electron chi connectivity index (χ0n) is 14.4. The molecule has 1 aliphatic heterocycles. The molecule has 5 heteroatoms. The minimum atomic E-state index is -0.297. The number of fused-ring (bicyclic) bond motifs is 3. The second-order valence-electron chi connectivity index (χ2n) is 6.46. The van der Waals surface area contributed by atoms with Crippen molar-refractivity contribution >= 4 is 28.3 Å². The van der Waals surface area contributed by atoms with Crippen molar-refractivity contribution in [3.05, 3.63) is 68.0 Å². The molecule has 4 rings (SSSR count). The number of ether oxygens (including phenoxy) is 1. The van der Waals surface area contributed by atoms with Crippen LogP contribution in [0.25, 0.3) is 11.0 Å². The van der Waals surface area contributed by atoms with E-state index in [1.807, 2.05) is 44.2 Å². The minimum Gasteiger partial charge on any atom is -0.473 e. The fraction of sp³-hybridized carbons (Fsp3) is 0.250. The number of aryl methyl sites for hydroxylation is 2. The first-order valence-corrected chi connectivity index (χ1v) is 8.53. The maximum atomic E-state index is 12.2. The fourth-order valence-corrected chi connectivity index (χ4v) is 3.46. The predicted molar refractivity (Wildman–Crippen MR) is 99.8 cm³/mol. The number of nitrogens with zero attached hydrogens (tertiary/aromatic N) is 1. The first kappa shape index (κ1) is 16.0. The van der Waals surface area contributed by atoms with Crippen molar-refractivity contribution in [2.24, 2.45) is 0 Å². The lowest BCUT2D eigenvalue weighted by atomic mass is 10.0. The monoisotopic (exact) mass is 355 g/mol. The molecule has 25 heavy (non-hydrogen) atoms. The van der Waals surface area contributed by atoms with Crippen molar-refractivity contribution in [3.63, 3.8) is 0 Å². The van der Waals surface area contributed by atoms with Crippen molar-refractivity contribution in [2.75, 3.05) is 11.6 Å². The van der Waals surface area contributed by atoms with Crippen LogP contribution in [-0.4, -0.2) is 6.73 Å². The summed E-state index contributed by atoms with van der Waals surface area (Å²) in [5.74, 6) is 0.759. The van der Waals surface area contributed by atoms with Crippen LogP contribution in [0, 0.1) is 20.8 Å². The molecule has 4 nitrogen and oxygen atoms in total. The SMILES string of the molecule is Cc1ccc(Cl)cc1N1COc2ccc3c(C)c(C)c(=O)oc3c2C1. The summed E-state index contributed by atoms with van der Waals surface area (Å²) in [5, 5.41) is 1.63. The number of benzene rings is 2. The average Bonchev–Trinajstić information content (AvgIpc) is 2.61. The van der Waals surface area contributed by atoms with Crippen LogP contribution >= 0.6 is 11.6 Å². The van der Waals surface area contributed by atoms with E-state index < -0.39 is 0 Å². The zero-order chi connectivity index (χ0) is 17.7. The second-order valence-corrected chi connectivity index (χ2v) is 6.90. The van der Waals surface area contributed by atoms with Gasteiger partial charge in [0.15, 0.2) is 6.73 Å². The van der Waals surface area contributed by atoms with Crippen LogP contribution in [0.2, 0.25) is 5.02 Å². The van der Waals surface area contributed by atoms with E-state index in [1.54, 1.807) is 6.92 Å². The molecule has 2 heterocycles. The largest absolute Gasteiger partial charge is 0.473 e. The molecule has 1 aromatic heterocycles. The summed E-state index contributed by atoms with van der Waals surface area (Å²) >= 11 is 6.16. The van der Waals surface area contributed by atoms with E-state index in [4.69, 9.17) is 20.8 Å². The Morgan fingerprint density at radius 1 is 1.08 bits per heavy atom. The van der Waals surface area contributed by atoms with Crippen LogP contribution in [-0.2, 0) is 6.54 Å². The number of anilines is 1. The molecule has 0 amide bonds. The molecule has 128 valence electrons. The highest BCUT2D eigenvalue weighted by Crippen LogP contribution is 2.36. The van der Waals surface area contributed by atoms with Crippen molar-refractivity contribution in [3.8, 4) is 5.75 Å². The van der Waals surface area contributed by atoms with Gasteiger partial charge in [-0.1, -0.05) is 17.7 Å². The lowest BCUT2D eigenvalue weighted by Crippen LogP contribution is -2.32. The van der Waals surface area contributed by atoms with E-state index in [1.165, 1.54) is 0 Å². The molecule has 0 radical (unpaired) electrons. The van der Waals surface area contributed by atoms with E-state index in [0.29, 0.717) is 29.4 Å². The Kier molecular flexibility index (Phi) is 3.73. The molecule has 0 saturated carbocycles. The Morgan fingerprint density at radius 3 is 2.68 bits per heavy atom. The third-order valence-electron chi connectivity index (χ3n) is 4.92. The highest BCUT2D eigenvalue weighted by molar-refractivity contribution is 6.30. The predicted octanol–water partition coefficient (Wildman–Crippen LogP) is 4.73. The highest BCUT2D eigenvalue weighted by Gasteiger charge is 2.23. The molecular formula is C20H18ClNO3. The van der Waals surface area contributed by atoms with Gasteiger partial charge in [0.2, 0.25) is 0 Å². The van der Waals surface area contributed by atoms with Gasteiger partial charge in [0.25, 0.3) is 0 Å². The van der Waals surface area contributed by atoms with Crippen molar-refractivity contribution in [1.29, 1.82) is 0 Å². The average molecular weight is 356 g/mol. The van der Waals surface area contributed by atoms with Crippen LogP contribution < -0.4 is 15.3 Å². The fourth-order valence-electron chi connectivity index (χ4n) is 3.29. The van der Waals surface area contributed by atoms with Crippen LogP contribution in [0.15, 0.2) is 39.5 Å². The minimum absolute atomic E-state index is 0.297. The van der Waals surface area contributed by atoms with Crippen LogP contribution in [0.4, 0.5) is 5.69 Å². The topological polar surface area (TPSA) is 42.7 Å². The quantitative estimate of drug-likeness (QED) is 0.592. The van der Waals surface area contributed by atoms with Crippen LogP contribution in [0.1, 0.15) is 22.3 Å². The maximum absolute atomic E-state index is 12.2. The Bertz CT molecular complexity index is 1050. The molecule has 0 N–H and O–H groups in total. The van der Waals surface area contributed by atoms with Gasteiger partial charge in [0.05, 0.1) is 12.1 Å². The van der Waals surface area contributed by atoms with Gasteiger partial charge in [-0.3, -0.25) is 0 Å². The summed E-state index contributed by atoms with van der Waals surface area (Å²) < 4.78 is 11.5. The molecule has 1 aliphatic rings. The van der Waals surface area contributed by atoms with E-state index in [9.17, 15) is 4.79 Å². The molecule has 0 fully saturated rings. The number of rotatable bonds is 1. The van der Waals surface area contributed by atoms with Gasteiger partial charge < -0.3 is 14.1 Å². The molecule has 0 spiro atoms. The molecule has 0 aliphatic carbocycles. The molecule has 0 unspecified atom stereocenters. The lowest BCUT2D eigenvalue weighted by Gasteiger charge is -2.32. The van der Waals surface area contributed by atoms with E-state index in [0.717, 1.165) is 33.5 Å².